The molecule has 0 saturated heterocycles. The number of halogens is 2. The third kappa shape index (κ3) is 4.28. The van der Waals surface area contributed by atoms with Crippen LogP contribution in [0.15, 0.2) is 67.0 Å². The number of carboxylic acids is 1. The lowest BCUT2D eigenvalue weighted by molar-refractivity contribution is 0.0692. The molecule has 2 N–H and O–H groups in total. The van der Waals surface area contributed by atoms with Gasteiger partial charge in [0, 0.05) is 18.5 Å². The molecule has 4 rings (SSSR count). The second kappa shape index (κ2) is 8.35. The number of carbonyl (C=O) groups is 1. The number of nitrogens with zero attached hydrogens (tertiary/aromatic N) is 2. The number of anilines is 1. The predicted octanol–water partition coefficient (Wildman–Crippen LogP) is 5.57. The summed E-state index contributed by atoms with van der Waals surface area (Å²) in [4.78, 5) is 19.7. The number of rotatable bonds is 6. The van der Waals surface area contributed by atoms with Crippen molar-refractivity contribution in [1.82, 2.24) is 9.97 Å². The lowest BCUT2D eigenvalue weighted by Crippen LogP contribution is -2.10. The predicted molar refractivity (Wildman–Crippen MR) is 111 cm³/mol. The molecule has 0 spiro atoms. The molecule has 6 nitrogen and oxygen atoms in total. The smallest absolute Gasteiger partial charge is 0.338 e. The second-order valence-electron chi connectivity index (χ2n) is 6.84. The van der Waals surface area contributed by atoms with Gasteiger partial charge in [0.15, 0.2) is 0 Å². The number of aromatic nitrogens is 2. The first-order chi connectivity index (χ1) is 14.9. The lowest BCUT2D eigenvalue weighted by atomic mass is 10.0. The molecule has 1 atom stereocenters. The van der Waals surface area contributed by atoms with Gasteiger partial charge in [0.1, 0.15) is 23.2 Å². The topological polar surface area (TPSA) is 84.3 Å². The Labute approximate surface area is 176 Å². The maximum Gasteiger partial charge on any atom is 0.338 e. The van der Waals surface area contributed by atoms with Crippen LogP contribution >= 0.6 is 0 Å². The van der Waals surface area contributed by atoms with Gasteiger partial charge in [-0.3, -0.25) is 0 Å². The molecule has 8 heteroatoms. The van der Waals surface area contributed by atoms with E-state index in [0.717, 1.165) is 5.39 Å². The highest BCUT2D eigenvalue weighted by Crippen LogP contribution is 2.34. The Balaban J connectivity index is 1.69. The van der Waals surface area contributed by atoms with Gasteiger partial charge in [-0.15, -0.1) is 0 Å². The van der Waals surface area contributed by atoms with Gasteiger partial charge in [-0.1, -0.05) is 12.1 Å². The van der Waals surface area contributed by atoms with Gasteiger partial charge >= 0.3 is 5.97 Å². The van der Waals surface area contributed by atoms with Crippen molar-refractivity contribution in [1.29, 1.82) is 0 Å². The van der Waals surface area contributed by atoms with Gasteiger partial charge in [-0.2, -0.15) is 0 Å². The third-order valence-corrected chi connectivity index (χ3v) is 4.73. The van der Waals surface area contributed by atoms with Gasteiger partial charge in [0.25, 0.3) is 0 Å². The molecule has 2 aromatic carbocycles. The largest absolute Gasteiger partial charge is 0.478 e. The molecule has 31 heavy (non-hydrogen) atoms. The fourth-order valence-corrected chi connectivity index (χ4v) is 3.18. The minimum Gasteiger partial charge on any atom is -0.478 e. The molecule has 0 aliphatic carbocycles. The number of carboxylic acid groups (broad SMARTS) is 1. The number of nitrogens with one attached hydrogen (secondary N) is 1. The highest BCUT2D eigenvalue weighted by molar-refractivity contribution is 5.96. The molecular formula is C23H17F2N3O3. The van der Waals surface area contributed by atoms with Crippen LogP contribution in [0, 0.1) is 11.6 Å². The highest BCUT2D eigenvalue weighted by atomic mass is 19.1. The zero-order chi connectivity index (χ0) is 22.0. The standard InChI is InChI=1S/C23H17F2N3O3/c1-13(15-5-6-18(23(29)30)19(25)11-15)28-21-20-14(7-9-26-21)8-10-27-22(20)31-17-4-2-3-16(24)12-17/h2-13H,1H3,(H,26,28)(H,29,30). The monoisotopic (exact) mass is 421 g/mol. The van der Waals surface area contributed by atoms with Crippen molar-refractivity contribution in [2.75, 3.05) is 5.32 Å². The van der Waals surface area contributed by atoms with E-state index in [9.17, 15) is 13.6 Å². The summed E-state index contributed by atoms with van der Waals surface area (Å²) in [6.45, 7) is 1.79. The molecule has 156 valence electrons. The number of hydrogen-bond acceptors (Lipinski definition) is 5. The van der Waals surface area contributed by atoms with Crippen molar-refractivity contribution >= 4 is 22.6 Å². The van der Waals surface area contributed by atoms with Crippen LogP contribution in [0.25, 0.3) is 10.8 Å². The molecule has 4 aromatic rings. The Hall–Kier alpha value is -4.07. The molecular weight excluding hydrogens is 404 g/mol. The lowest BCUT2D eigenvalue weighted by Gasteiger charge is -2.18. The number of fused-ring (bicyclic) bond motifs is 1. The van der Waals surface area contributed by atoms with Crippen molar-refractivity contribution in [2.24, 2.45) is 0 Å². The van der Waals surface area contributed by atoms with E-state index in [1.165, 1.54) is 36.4 Å². The van der Waals surface area contributed by atoms with Crippen molar-refractivity contribution < 1.29 is 23.4 Å². The first-order valence-electron chi connectivity index (χ1n) is 9.39. The van der Waals surface area contributed by atoms with Crippen LogP contribution in [-0.2, 0) is 0 Å². The van der Waals surface area contributed by atoms with Crippen molar-refractivity contribution in [3.05, 3.63) is 89.8 Å². The molecule has 0 bridgehead atoms. The Bertz CT molecular complexity index is 1270. The van der Waals surface area contributed by atoms with E-state index in [2.05, 4.69) is 15.3 Å². The van der Waals surface area contributed by atoms with Crippen LogP contribution in [-0.4, -0.2) is 21.0 Å². The molecule has 0 radical (unpaired) electrons. The van der Waals surface area contributed by atoms with E-state index in [1.54, 1.807) is 37.5 Å². The number of pyridine rings is 2. The quantitative estimate of drug-likeness (QED) is 0.423. The highest BCUT2D eigenvalue weighted by Gasteiger charge is 2.17. The van der Waals surface area contributed by atoms with Gasteiger partial charge in [0.05, 0.1) is 17.0 Å². The van der Waals surface area contributed by atoms with E-state index in [1.807, 2.05) is 0 Å². The van der Waals surface area contributed by atoms with Crippen LogP contribution in [0.3, 0.4) is 0 Å². The number of benzene rings is 2. The van der Waals surface area contributed by atoms with E-state index < -0.39 is 29.2 Å². The Morgan fingerprint density at radius 2 is 1.84 bits per heavy atom. The first kappa shape index (κ1) is 20.2. The maximum absolute atomic E-state index is 14.1. The first-order valence-corrected chi connectivity index (χ1v) is 9.39. The number of hydrogen-bond donors (Lipinski definition) is 2. The average molecular weight is 421 g/mol. The maximum atomic E-state index is 14.1. The van der Waals surface area contributed by atoms with Crippen LogP contribution in [0.4, 0.5) is 14.6 Å². The van der Waals surface area contributed by atoms with E-state index in [4.69, 9.17) is 9.84 Å². The summed E-state index contributed by atoms with van der Waals surface area (Å²) in [6.07, 6.45) is 3.18. The van der Waals surface area contributed by atoms with E-state index >= 15 is 0 Å². The average Bonchev–Trinajstić information content (AvgIpc) is 2.73. The molecule has 0 amide bonds. The van der Waals surface area contributed by atoms with Gasteiger partial charge in [-0.25, -0.2) is 23.5 Å². The number of aromatic carboxylic acids is 1. The second-order valence-corrected chi connectivity index (χ2v) is 6.84. The van der Waals surface area contributed by atoms with Gasteiger partial charge in [-0.05, 0) is 54.3 Å². The van der Waals surface area contributed by atoms with Crippen LogP contribution in [0.1, 0.15) is 28.9 Å². The van der Waals surface area contributed by atoms with Crippen molar-refractivity contribution in [3.8, 4) is 11.6 Å². The van der Waals surface area contributed by atoms with Crippen molar-refractivity contribution in [2.45, 2.75) is 13.0 Å². The van der Waals surface area contributed by atoms with E-state index in [0.29, 0.717) is 16.8 Å². The van der Waals surface area contributed by atoms with E-state index in [-0.39, 0.29) is 11.6 Å². The molecule has 2 aromatic heterocycles. The SMILES string of the molecule is CC(Nc1nccc2ccnc(Oc3cccc(F)c3)c12)c1ccc(C(=O)O)c(F)c1. The molecule has 0 aliphatic rings. The Kier molecular flexibility index (Phi) is 5.44. The summed E-state index contributed by atoms with van der Waals surface area (Å²) in [6, 6.07) is 12.8. The summed E-state index contributed by atoms with van der Waals surface area (Å²) >= 11 is 0. The fraction of sp³-hybridized carbons (Fsp3) is 0.0870. The zero-order valence-corrected chi connectivity index (χ0v) is 16.3. The summed E-state index contributed by atoms with van der Waals surface area (Å²) in [7, 11) is 0. The fourth-order valence-electron chi connectivity index (χ4n) is 3.18. The molecule has 0 fully saturated rings. The van der Waals surface area contributed by atoms with Gasteiger partial charge in [0.2, 0.25) is 5.88 Å². The Morgan fingerprint density at radius 3 is 2.55 bits per heavy atom. The van der Waals surface area contributed by atoms with Crippen LogP contribution < -0.4 is 10.1 Å². The molecule has 1 unspecified atom stereocenters. The molecule has 0 saturated carbocycles. The number of ether oxygens (including phenoxy) is 1. The summed E-state index contributed by atoms with van der Waals surface area (Å²) in [5.74, 6) is -1.62. The minimum absolute atomic E-state index is 0.235. The third-order valence-electron chi connectivity index (χ3n) is 4.73. The minimum atomic E-state index is -1.33. The van der Waals surface area contributed by atoms with Gasteiger partial charge < -0.3 is 15.2 Å². The van der Waals surface area contributed by atoms with Crippen molar-refractivity contribution in [3.63, 3.8) is 0 Å². The Morgan fingerprint density at radius 1 is 1.06 bits per heavy atom. The summed E-state index contributed by atoms with van der Waals surface area (Å²) in [5.41, 5.74) is 0.145. The molecule has 0 aliphatic heterocycles. The zero-order valence-electron chi connectivity index (χ0n) is 16.3. The normalized spacial score (nSPS) is 11.8. The summed E-state index contributed by atoms with van der Waals surface area (Å²) < 4.78 is 33.5. The van der Waals surface area contributed by atoms with Crippen LogP contribution in [0.5, 0.6) is 11.6 Å². The van der Waals surface area contributed by atoms with Crippen LogP contribution in [0.2, 0.25) is 0 Å². The molecule has 2 heterocycles. The summed E-state index contributed by atoms with van der Waals surface area (Å²) in [5, 5.41) is 13.6.